The molecule has 0 spiro atoms. The van der Waals surface area contributed by atoms with Crippen LogP contribution in [0.5, 0.6) is 5.75 Å². The number of carboxylic acid groups (broad SMARTS) is 1. The van der Waals surface area contributed by atoms with Gasteiger partial charge in [0, 0.05) is 6.42 Å². The first-order valence-corrected chi connectivity index (χ1v) is 16.7. The second-order valence-electron chi connectivity index (χ2n) is 11.8. The molecule has 0 saturated carbocycles. The van der Waals surface area contributed by atoms with E-state index >= 15 is 0 Å². The van der Waals surface area contributed by atoms with Crippen LogP contribution in [-0.4, -0.2) is 17.0 Å². The van der Waals surface area contributed by atoms with E-state index in [9.17, 15) is 9.59 Å². The molecule has 1 amide bonds. The lowest BCUT2D eigenvalue weighted by Crippen LogP contribution is -2.12. The lowest BCUT2D eigenvalue weighted by atomic mass is 10.0. The molecule has 0 heterocycles. The van der Waals surface area contributed by atoms with Gasteiger partial charge < -0.3 is 20.3 Å². The molecular formula is C44H41NO5. The fourth-order valence-electron chi connectivity index (χ4n) is 5.36. The van der Waals surface area contributed by atoms with Crippen molar-refractivity contribution in [3.8, 4) is 28.0 Å². The summed E-state index contributed by atoms with van der Waals surface area (Å²) in [5, 5.41) is 8.73. The van der Waals surface area contributed by atoms with Gasteiger partial charge in [0.05, 0.1) is 5.56 Å². The zero-order valence-electron chi connectivity index (χ0n) is 27.9. The summed E-state index contributed by atoms with van der Waals surface area (Å²) in [6.45, 7) is 0.916. The van der Waals surface area contributed by atoms with Gasteiger partial charge >= 0.3 is 5.97 Å². The number of aliphatic carboxylic acids is 1. The fourth-order valence-corrected chi connectivity index (χ4v) is 5.36. The molecule has 0 aliphatic heterocycles. The molecule has 0 bridgehead atoms. The van der Waals surface area contributed by atoms with E-state index in [0.717, 1.165) is 35.3 Å². The van der Waals surface area contributed by atoms with Crippen LogP contribution in [-0.2, 0) is 22.7 Å². The van der Waals surface area contributed by atoms with Gasteiger partial charge in [0.15, 0.2) is 0 Å². The number of ether oxygens (including phenoxy) is 2. The number of primary amides is 1. The van der Waals surface area contributed by atoms with Crippen molar-refractivity contribution < 1.29 is 24.2 Å². The molecule has 252 valence electrons. The number of allylic oxidation sites excluding steroid dienone is 5. The van der Waals surface area contributed by atoms with Crippen molar-refractivity contribution in [3.63, 3.8) is 0 Å². The number of carbonyl (C=O) groups is 2. The minimum atomic E-state index is -0.742. The number of para-hydroxylation sites is 1. The number of hydrogen-bond acceptors (Lipinski definition) is 4. The van der Waals surface area contributed by atoms with E-state index in [1.165, 1.54) is 22.3 Å². The summed E-state index contributed by atoms with van der Waals surface area (Å²) in [5.74, 6) is 0.132. The van der Waals surface area contributed by atoms with Crippen molar-refractivity contribution in [2.24, 2.45) is 5.73 Å². The number of benzene rings is 5. The van der Waals surface area contributed by atoms with E-state index in [2.05, 4.69) is 72.8 Å². The number of rotatable bonds is 13. The van der Waals surface area contributed by atoms with Crippen molar-refractivity contribution in [2.45, 2.75) is 38.9 Å². The van der Waals surface area contributed by atoms with Gasteiger partial charge in [-0.25, -0.2) is 0 Å². The van der Waals surface area contributed by atoms with Crippen LogP contribution in [0.2, 0.25) is 0 Å². The minimum absolute atomic E-state index is 0.209. The van der Waals surface area contributed by atoms with Crippen LogP contribution < -0.4 is 10.5 Å². The van der Waals surface area contributed by atoms with Crippen molar-refractivity contribution in [1.29, 1.82) is 0 Å². The molecule has 1 aliphatic rings. The van der Waals surface area contributed by atoms with E-state index in [1.807, 2.05) is 66.7 Å². The van der Waals surface area contributed by atoms with Crippen LogP contribution in [0.4, 0.5) is 0 Å². The number of hydrogen-bond donors (Lipinski definition) is 2. The first kappa shape index (κ1) is 35.2. The van der Waals surface area contributed by atoms with E-state index in [0.29, 0.717) is 30.9 Å². The van der Waals surface area contributed by atoms with Gasteiger partial charge in [-0.3, -0.25) is 9.59 Å². The highest BCUT2D eigenvalue weighted by Gasteiger charge is 2.09. The van der Waals surface area contributed by atoms with Gasteiger partial charge in [0.25, 0.3) is 5.91 Å². The van der Waals surface area contributed by atoms with Crippen LogP contribution in [0.15, 0.2) is 169 Å². The average molecular weight is 664 g/mol. The molecule has 3 N–H and O–H groups in total. The standard InChI is InChI=1S/C24H24O3.C20H17NO2/c25-24(26)11-5-7-19-6-4-10-23(17-14-19)27-18-20-12-15-22(16-13-20)21-8-2-1-3-9-21;21-20(22)18-8-4-5-9-19(18)23-14-15-10-12-17(13-11-15)16-6-2-1-3-7-16/h1-3,6,8-10,12-17H,4-5,7,11,18H2,(H,25,26);1-13H,14H2,(H2,21,22). The highest BCUT2D eigenvalue weighted by Crippen LogP contribution is 2.23. The fraction of sp³-hybridized carbons (Fsp3) is 0.136. The molecule has 6 rings (SSSR count). The summed E-state index contributed by atoms with van der Waals surface area (Å²) in [6.07, 6.45) is 10.6. The first-order valence-electron chi connectivity index (χ1n) is 16.7. The number of carbonyl (C=O) groups excluding carboxylic acids is 1. The quantitative estimate of drug-likeness (QED) is 0.131. The van der Waals surface area contributed by atoms with Crippen molar-refractivity contribution in [1.82, 2.24) is 0 Å². The Bertz CT molecular complexity index is 1930. The number of amides is 1. The van der Waals surface area contributed by atoms with Crippen LogP contribution in [0.1, 0.15) is 47.2 Å². The Morgan fingerprint density at radius 1 is 0.600 bits per heavy atom. The normalized spacial score (nSPS) is 12.0. The summed E-state index contributed by atoms with van der Waals surface area (Å²) in [4.78, 5) is 22.0. The molecule has 0 radical (unpaired) electrons. The van der Waals surface area contributed by atoms with Crippen molar-refractivity contribution in [3.05, 3.63) is 186 Å². The lowest BCUT2D eigenvalue weighted by molar-refractivity contribution is -0.137. The number of nitrogens with two attached hydrogens (primary N) is 1. The Morgan fingerprint density at radius 3 is 1.68 bits per heavy atom. The topological polar surface area (TPSA) is 98.9 Å². The summed E-state index contributed by atoms with van der Waals surface area (Å²) >= 11 is 0. The van der Waals surface area contributed by atoms with Gasteiger partial charge in [0.2, 0.25) is 0 Å². The largest absolute Gasteiger partial charge is 0.489 e. The molecule has 5 aromatic carbocycles. The van der Waals surface area contributed by atoms with Gasteiger partial charge in [0.1, 0.15) is 24.7 Å². The third-order valence-corrected chi connectivity index (χ3v) is 8.09. The molecule has 0 fully saturated rings. The maximum absolute atomic E-state index is 11.4. The van der Waals surface area contributed by atoms with Crippen LogP contribution in [0, 0.1) is 0 Å². The molecule has 6 nitrogen and oxygen atoms in total. The van der Waals surface area contributed by atoms with E-state index in [1.54, 1.807) is 18.2 Å². The van der Waals surface area contributed by atoms with Gasteiger partial charge in [-0.1, -0.05) is 139 Å². The first-order chi connectivity index (χ1) is 24.4. The maximum Gasteiger partial charge on any atom is 0.303 e. The summed E-state index contributed by atoms with van der Waals surface area (Å²) in [5.41, 5.74) is 13.8. The highest BCUT2D eigenvalue weighted by molar-refractivity contribution is 5.95. The molecule has 50 heavy (non-hydrogen) atoms. The molecule has 5 aromatic rings. The molecule has 1 aliphatic carbocycles. The van der Waals surface area contributed by atoms with E-state index in [4.69, 9.17) is 20.3 Å². The van der Waals surface area contributed by atoms with Crippen LogP contribution >= 0.6 is 0 Å². The highest BCUT2D eigenvalue weighted by atomic mass is 16.5. The van der Waals surface area contributed by atoms with Gasteiger partial charge in [-0.15, -0.1) is 0 Å². The molecular weight excluding hydrogens is 622 g/mol. The third kappa shape index (κ3) is 11.0. The Hall–Kier alpha value is -6.14. The van der Waals surface area contributed by atoms with E-state index < -0.39 is 11.9 Å². The van der Waals surface area contributed by atoms with Gasteiger partial charge in [-0.2, -0.15) is 0 Å². The van der Waals surface area contributed by atoms with E-state index in [-0.39, 0.29) is 6.42 Å². The summed E-state index contributed by atoms with van der Waals surface area (Å²) < 4.78 is 11.7. The Morgan fingerprint density at radius 2 is 1.12 bits per heavy atom. The smallest absolute Gasteiger partial charge is 0.303 e. The molecule has 0 atom stereocenters. The number of carboxylic acids is 1. The monoisotopic (exact) mass is 663 g/mol. The predicted molar refractivity (Wildman–Crippen MR) is 199 cm³/mol. The summed E-state index contributed by atoms with van der Waals surface area (Å²) in [7, 11) is 0. The molecule has 6 heteroatoms. The van der Waals surface area contributed by atoms with Crippen molar-refractivity contribution >= 4 is 11.9 Å². The average Bonchev–Trinajstić information content (AvgIpc) is 3.39. The zero-order chi connectivity index (χ0) is 35.0. The molecule has 0 aromatic heterocycles. The Labute approximate surface area is 293 Å². The minimum Gasteiger partial charge on any atom is -0.489 e. The second kappa shape index (κ2) is 18.4. The van der Waals surface area contributed by atoms with Crippen LogP contribution in [0.3, 0.4) is 0 Å². The third-order valence-electron chi connectivity index (χ3n) is 8.09. The molecule has 0 unspecified atom stereocenters. The Kier molecular flexibility index (Phi) is 13.0. The predicted octanol–water partition coefficient (Wildman–Crippen LogP) is 9.93. The second-order valence-corrected chi connectivity index (χ2v) is 11.8. The lowest BCUT2D eigenvalue weighted by Gasteiger charge is -2.10. The van der Waals surface area contributed by atoms with Gasteiger partial charge in [-0.05, 0) is 76.9 Å². The van der Waals surface area contributed by atoms with Crippen LogP contribution in [0.25, 0.3) is 22.3 Å². The SMILES string of the molecule is NC(=O)c1ccccc1OCc1ccc(-c2ccccc2)cc1.O=C(O)CCCC1=CCC=C(OCc2ccc(-c3ccccc3)cc2)C=C1. The van der Waals surface area contributed by atoms with Crippen molar-refractivity contribution in [2.75, 3.05) is 0 Å². The zero-order valence-corrected chi connectivity index (χ0v) is 27.9. The maximum atomic E-state index is 11.4. The molecule has 0 saturated heterocycles. The Balaban J connectivity index is 0.000000197. The summed E-state index contributed by atoms with van der Waals surface area (Å²) in [6, 6.07) is 44.1.